The molecule has 0 aromatic heterocycles. The third-order valence-corrected chi connectivity index (χ3v) is 3.11. The normalized spacial score (nSPS) is 12.3. The highest BCUT2D eigenvalue weighted by Gasteiger charge is 2.30. The number of alkyl halides is 1. The number of rotatable bonds is 5. The number of halogens is 6. The molecule has 0 bridgehead atoms. The van der Waals surface area contributed by atoms with Crippen LogP contribution in [0.1, 0.15) is 10.4 Å². The molecule has 1 rings (SSSR count). The molecule has 1 amide bonds. The topological polar surface area (TPSA) is 38.3 Å². The van der Waals surface area contributed by atoms with E-state index in [9.17, 15) is 26.7 Å². The van der Waals surface area contributed by atoms with Crippen molar-refractivity contribution < 1.29 is 31.5 Å². The summed E-state index contributed by atoms with van der Waals surface area (Å²) in [4.78, 5) is 11.6. The van der Waals surface area contributed by atoms with Gasteiger partial charge < -0.3 is 10.1 Å². The predicted octanol–water partition coefficient (Wildman–Crippen LogP) is 2.52. The molecule has 0 spiro atoms. The molecule has 1 unspecified atom stereocenters. The van der Waals surface area contributed by atoms with E-state index in [1.54, 1.807) is 0 Å². The molecule has 0 aliphatic carbocycles. The summed E-state index contributed by atoms with van der Waals surface area (Å²) in [5.41, 5.74) is -1.52. The number of nitrogens with one attached hydrogen (secondary N) is 1. The Morgan fingerprint density at radius 3 is 1.95 bits per heavy atom. The van der Waals surface area contributed by atoms with Crippen LogP contribution >= 0.6 is 15.9 Å². The zero-order valence-corrected chi connectivity index (χ0v) is 11.7. The van der Waals surface area contributed by atoms with Crippen molar-refractivity contribution in [2.45, 2.75) is 6.04 Å². The fraction of sp³-hybridized carbons (Fsp3) is 0.364. The van der Waals surface area contributed by atoms with Crippen LogP contribution in [0.3, 0.4) is 0 Å². The van der Waals surface area contributed by atoms with Crippen molar-refractivity contribution in [3.63, 3.8) is 0 Å². The SMILES string of the molecule is COCC(CBr)NC(=O)c1c(F)c(F)c(F)c(F)c1F. The van der Waals surface area contributed by atoms with Crippen LogP contribution in [0.25, 0.3) is 0 Å². The summed E-state index contributed by atoms with van der Waals surface area (Å²) in [6, 6.07) is -0.692. The first-order valence-corrected chi connectivity index (χ1v) is 6.34. The van der Waals surface area contributed by atoms with Gasteiger partial charge in [-0.3, -0.25) is 4.79 Å². The van der Waals surface area contributed by atoms with Gasteiger partial charge in [0.25, 0.3) is 5.91 Å². The van der Waals surface area contributed by atoms with Crippen LogP contribution in [-0.4, -0.2) is 31.0 Å². The Labute approximate surface area is 119 Å². The largest absolute Gasteiger partial charge is 0.383 e. The summed E-state index contributed by atoms with van der Waals surface area (Å²) < 4.78 is 70.2. The fourth-order valence-corrected chi connectivity index (χ4v) is 1.74. The highest BCUT2D eigenvalue weighted by Crippen LogP contribution is 2.23. The first-order valence-electron chi connectivity index (χ1n) is 5.22. The highest BCUT2D eigenvalue weighted by molar-refractivity contribution is 9.09. The van der Waals surface area contributed by atoms with Gasteiger partial charge in [-0.25, -0.2) is 22.0 Å². The van der Waals surface area contributed by atoms with Gasteiger partial charge in [0.15, 0.2) is 23.3 Å². The van der Waals surface area contributed by atoms with Crippen molar-refractivity contribution in [1.82, 2.24) is 5.32 Å². The Bertz CT molecular complexity index is 497. The smallest absolute Gasteiger partial charge is 0.257 e. The lowest BCUT2D eigenvalue weighted by Gasteiger charge is -2.16. The molecule has 112 valence electrons. The van der Waals surface area contributed by atoms with Gasteiger partial charge in [0.2, 0.25) is 5.82 Å². The molecule has 0 heterocycles. The lowest BCUT2D eigenvalue weighted by Crippen LogP contribution is -2.40. The summed E-state index contributed by atoms with van der Waals surface area (Å²) in [6.45, 7) is -0.00755. The molecule has 1 aromatic carbocycles. The monoisotopic (exact) mass is 361 g/mol. The van der Waals surface area contributed by atoms with Gasteiger partial charge in [-0.2, -0.15) is 0 Å². The molecule has 1 atom stereocenters. The van der Waals surface area contributed by atoms with Gasteiger partial charge in [-0.05, 0) is 0 Å². The Morgan fingerprint density at radius 1 is 1.10 bits per heavy atom. The number of amides is 1. The van der Waals surface area contributed by atoms with Crippen LogP contribution in [0.2, 0.25) is 0 Å². The second kappa shape index (κ2) is 6.98. The molecule has 0 aliphatic heterocycles. The first kappa shape index (κ1) is 16.8. The Kier molecular flexibility index (Phi) is 5.88. The number of hydrogen-bond donors (Lipinski definition) is 1. The number of benzene rings is 1. The lowest BCUT2D eigenvalue weighted by atomic mass is 10.1. The van der Waals surface area contributed by atoms with E-state index in [1.807, 2.05) is 0 Å². The maximum atomic E-state index is 13.4. The standard InChI is InChI=1S/C11H9BrF5NO2/c1-20-3-4(2-12)18-11(19)5-6(13)8(15)10(17)9(16)7(5)14/h4H,2-3H2,1H3,(H,18,19). The second-order valence-corrected chi connectivity index (χ2v) is 4.37. The highest BCUT2D eigenvalue weighted by atomic mass is 79.9. The molecule has 1 aromatic rings. The molecule has 1 N–H and O–H groups in total. The van der Waals surface area contributed by atoms with E-state index in [1.165, 1.54) is 7.11 Å². The van der Waals surface area contributed by atoms with E-state index >= 15 is 0 Å². The van der Waals surface area contributed by atoms with E-state index in [2.05, 4.69) is 21.2 Å². The van der Waals surface area contributed by atoms with Crippen molar-refractivity contribution in [2.24, 2.45) is 0 Å². The Balaban J connectivity index is 3.17. The minimum Gasteiger partial charge on any atom is -0.383 e. The number of carbonyl (C=O) groups is 1. The summed E-state index contributed by atoms with van der Waals surface area (Å²) in [5, 5.41) is 2.26. The molecule has 20 heavy (non-hydrogen) atoms. The van der Waals surface area contributed by atoms with Gasteiger partial charge >= 0.3 is 0 Å². The van der Waals surface area contributed by atoms with Gasteiger partial charge in [-0.1, -0.05) is 15.9 Å². The van der Waals surface area contributed by atoms with Crippen molar-refractivity contribution >= 4 is 21.8 Å². The second-order valence-electron chi connectivity index (χ2n) is 3.72. The fourth-order valence-electron chi connectivity index (χ4n) is 1.39. The average Bonchev–Trinajstić information content (AvgIpc) is 2.42. The van der Waals surface area contributed by atoms with Crippen LogP contribution in [-0.2, 0) is 4.74 Å². The van der Waals surface area contributed by atoms with Gasteiger partial charge in [0.05, 0.1) is 12.6 Å². The summed E-state index contributed by atoms with van der Waals surface area (Å²) in [7, 11) is 1.32. The molecule has 0 aliphatic rings. The minimum atomic E-state index is -2.31. The third kappa shape index (κ3) is 3.26. The predicted molar refractivity (Wildman–Crippen MR) is 63.2 cm³/mol. The summed E-state index contributed by atoms with van der Waals surface area (Å²) in [6.07, 6.45) is 0. The van der Waals surface area contributed by atoms with Crippen LogP contribution < -0.4 is 5.32 Å². The van der Waals surface area contributed by atoms with Gasteiger partial charge in [0, 0.05) is 12.4 Å². The van der Waals surface area contributed by atoms with E-state index < -0.39 is 46.6 Å². The summed E-state index contributed by atoms with van der Waals surface area (Å²) >= 11 is 3.01. The molecular weight excluding hydrogens is 353 g/mol. The van der Waals surface area contributed by atoms with E-state index in [-0.39, 0.29) is 11.9 Å². The lowest BCUT2D eigenvalue weighted by molar-refractivity contribution is 0.0896. The first-order chi connectivity index (χ1) is 9.34. The van der Waals surface area contributed by atoms with Crippen LogP contribution in [0.5, 0.6) is 0 Å². The molecule has 0 radical (unpaired) electrons. The molecule has 0 fully saturated rings. The van der Waals surface area contributed by atoms with Crippen molar-refractivity contribution in [1.29, 1.82) is 0 Å². The van der Waals surface area contributed by atoms with Crippen molar-refractivity contribution in [3.8, 4) is 0 Å². The van der Waals surface area contributed by atoms with Gasteiger partial charge in [0.1, 0.15) is 5.56 Å². The number of methoxy groups -OCH3 is 1. The Morgan fingerprint density at radius 2 is 1.55 bits per heavy atom. The van der Waals surface area contributed by atoms with Crippen LogP contribution in [0.15, 0.2) is 0 Å². The van der Waals surface area contributed by atoms with Crippen LogP contribution in [0.4, 0.5) is 22.0 Å². The quantitative estimate of drug-likeness (QED) is 0.379. The maximum Gasteiger partial charge on any atom is 0.257 e. The van der Waals surface area contributed by atoms with Gasteiger partial charge in [-0.15, -0.1) is 0 Å². The van der Waals surface area contributed by atoms with Crippen molar-refractivity contribution in [3.05, 3.63) is 34.6 Å². The number of hydrogen-bond acceptors (Lipinski definition) is 2. The molecule has 0 saturated heterocycles. The van der Waals surface area contributed by atoms with Crippen molar-refractivity contribution in [2.75, 3.05) is 19.0 Å². The Hall–Kier alpha value is -1.22. The number of carbonyl (C=O) groups excluding carboxylic acids is 1. The summed E-state index contributed by atoms with van der Waals surface area (Å²) in [5.74, 6) is -12.4. The van der Waals surface area contributed by atoms with E-state index in [0.717, 1.165) is 0 Å². The van der Waals surface area contributed by atoms with Crippen LogP contribution in [0, 0.1) is 29.1 Å². The zero-order valence-electron chi connectivity index (χ0n) is 10.1. The molecule has 9 heteroatoms. The minimum absolute atomic E-state index is 0.00755. The van der Waals surface area contributed by atoms with E-state index in [4.69, 9.17) is 4.74 Å². The third-order valence-electron chi connectivity index (χ3n) is 2.33. The molecule has 3 nitrogen and oxygen atoms in total. The molecular formula is C11H9BrF5NO2. The number of ether oxygens (including phenoxy) is 1. The average molecular weight is 362 g/mol. The maximum absolute atomic E-state index is 13.4. The van der Waals surface area contributed by atoms with E-state index in [0.29, 0.717) is 0 Å². The zero-order chi connectivity index (χ0) is 15.4. The molecule has 0 saturated carbocycles.